The fraction of sp³-hybridized carbons (Fsp3) is 0.118. The van der Waals surface area contributed by atoms with Crippen LogP contribution in [-0.4, -0.2) is 10.2 Å². The summed E-state index contributed by atoms with van der Waals surface area (Å²) in [5.41, 5.74) is 3.76. The summed E-state index contributed by atoms with van der Waals surface area (Å²) < 4.78 is 5.75. The van der Waals surface area contributed by atoms with E-state index in [0.29, 0.717) is 11.6 Å². The van der Waals surface area contributed by atoms with Crippen LogP contribution in [0.3, 0.4) is 0 Å². The van der Waals surface area contributed by atoms with Gasteiger partial charge in [-0.15, -0.1) is 0 Å². The number of aromatic amines is 1. The molecule has 0 aliphatic carbocycles. The number of halogens is 2. The molecule has 0 saturated heterocycles. The monoisotopic (exact) mass is 332 g/mol. The second-order valence-corrected chi connectivity index (χ2v) is 5.83. The predicted octanol–water partition coefficient (Wildman–Crippen LogP) is 5.27. The van der Waals surface area contributed by atoms with Crippen LogP contribution in [0.5, 0.6) is 5.75 Å². The van der Waals surface area contributed by atoms with E-state index in [1.165, 1.54) is 0 Å². The van der Waals surface area contributed by atoms with Crippen LogP contribution in [0.1, 0.15) is 11.3 Å². The number of aryl methyl sites for hydroxylation is 1. The van der Waals surface area contributed by atoms with Crippen molar-refractivity contribution in [3.05, 3.63) is 69.8 Å². The summed E-state index contributed by atoms with van der Waals surface area (Å²) in [5.74, 6) is 0.782. The standard InChI is InChI=1S/C17H14Cl2N2O/c1-11-8-15(6-7-16(11)19)22-10-14-9-17(21-20-14)12-2-4-13(18)5-3-12/h2-9H,10H2,1H3,(H,20,21). The SMILES string of the molecule is Cc1cc(OCc2cc(-c3ccc(Cl)cc3)n[nH]2)ccc1Cl. The van der Waals surface area contributed by atoms with Crippen LogP contribution < -0.4 is 4.74 Å². The van der Waals surface area contributed by atoms with Crippen LogP contribution in [0.25, 0.3) is 11.3 Å². The van der Waals surface area contributed by atoms with E-state index >= 15 is 0 Å². The Kier molecular flexibility index (Phi) is 4.36. The van der Waals surface area contributed by atoms with E-state index in [1.54, 1.807) is 0 Å². The summed E-state index contributed by atoms with van der Waals surface area (Å²) >= 11 is 11.9. The fourth-order valence-corrected chi connectivity index (χ4v) is 2.32. The largest absolute Gasteiger partial charge is 0.487 e. The Morgan fingerprint density at radius 1 is 1.05 bits per heavy atom. The van der Waals surface area contributed by atoms with Gasteiger partial charge in [0.05, 0.1) is 11.4 Å². The van der Waals surface area contributed by atoms with Crippen LogP contribution in [0, 0.1) is 6.92 Å². The number of nitrogens with zero attached hydrogens (tertiary/aromatic N) is 1. The van der Waals surface area contributed by atoms with E-state index in [2.05, 4.69) is 10.2 Å². The minimum absolute atomic E-state index is 0.418. The van der Waals surface area contributed by atoms with Crippen LogP contribution in [0.4, 0.5) is 0 Å². The molecule has 0 bridgehead atoms. The molecule has 2 aromatic carbocycles. The number of H-pyrrole nitrogens is 1. The van der Waals surface area contributed by atoms with Crippen LogP contribution in [0.2, 0.25) is 10.0 Å². The van der Waals surface area contributed by atoms with E-state index in [9.17, 15) is 0 Å². The Labute approximate surface area is 138 Å². The number of hydrogen-bond acceptors (Lipinski definition) is 2. The lowest BCUT2D eigenvalue weighted by atomic mass is 10.1. The average Bonchev–Trinajstić information content (AvgIpc) is 2.98. The Balaban J connectivity index is 1.69. The lowest BCUT2D eigenvalue weighted by Crippen LogP contribution is -1.96. The maximum Gasteiger partial charge on any atom is 0.130 e. The van der Waals surface area contributed by atoms with Gasteiger partial charge in [0.2, 0.25) is 0 Å². The summed E-state index contributed by atoms with van der Waals surface area (Å²) in [6, 6.07) is 15.1. The summed E-state index contributed by atoms with van der Waals surface area (Å²) in [4.78, 5) is 0. The molecule has 0 radical (unpaired) electrons. The van der Waals surface area contributed by atoms with Gasteiger partial charge < -0.3 is 4.74 Å². The third kappa shape index (κ3) is 3.43. The first kappa shape index (κ1) is 14.9. The molecule has 0 unspecified atom stereocenters. The van der Waals surface area contributed by atoms with E-state index in [0.717, 1.165) is 33.3 Å². The normalized spacial score (nSPS) is 10.7. The first-order valence-electron chi connectivity index (χ1n) is 6.81. The third-order valence-electron chi connectivity index (χ3n) is 3.29. The number of rotatable bonds is 4. The summed E-state index contributed by atoms with van der Waals surface area (Å²) in [6.45, 7) is 2.37. The molecule has 0 saturated carbocycles. The molecule has 0 fully saturated rings. The lowest BCUT2D eigenvalue weighted by Gasteiger charge is -2.06. The molecule has 22 heavy (non-hydrogen) atoms. The van der Waals surface area contributed by atoms with E-state index in [1.807, 2.05) is 55.5 Å². The Bertz CT molecular complexity index is 782. The minimum atomic E-state index is 0.418. The molecule has 1 heterocycles. The average molecular weight is 333 g/mol. The highest BCUT2D eigenvalue weighted by molar-refractivity contribution is 6.31. The van der Waals surface area contributed by atoms with E-state index < -0.39 is 0 Å². The molecular weight excluding hydrogens is 319 g/mol. The first-order chi connectivity index (χ1) is 10.6. The van der Waals surface area contributed by atoms with Crippen molar-refractivity contribution in [1.29, 1.82) is 0 Å². The first-order valence-corrected chi connectivity index (χ1v) is 7.56. The van der Waals surface area contributed by atoms with Crippen molar-refractivity contribution in [2.45, 2.75) is 13.5 Å². The van der Waals surface area contributed by atoms with E-state index in [4.69, 9.17) is 27.9 Å². The van der Waals surface area contributed by atoms with Crippen molar-refractivity contribution in [3.8, 4) is 17.0 Å². The van der Waals surface area contributed by atoms with Crippen molar-refractivity contribution in [3.63, 3.8) is 0 Å². The molecular formula is C17H14Cl2N2O. The van der Waals surface area contributed by atoms with Crippen LogP contribution >= 0.6 is 23.2 Å². The van der Waals surface area contributed by atoms with Gasteiger partial charge in [-0.3, -0.25) is 5.10 Å². The van der Waals surface area contributed by atoms with Gasteiger partial charge >= 0.3 is 0 Å². The maximum atomic E-state index is 6.00. The molecule has 1 aromatic heterocycles. The molecule has 3 aromatic rings. The number of benzene rings is 2. The van der Waals surface area contributed by atoms with Gasteiger partial charge in [0.1, 0.15) is 12.4 Å². The zero-order valence-corrected chi connectivity index (χ0v) is 13.4. The van der Waals surface area contributed by atoms with Gasteiger partial charge in [0.25, 0.3) is 0 Å². The number of ether oxygens (including phenoxy) is 1. The van der Waals surface area contributed by atoms with Gasteiger partial charge in [-0.1, -0.05) is 35.3 Å². The highest BCUT2D eigenvalue weighted by Crippen LogP contribution is 2.23. The molecule has 5 heteroatoms. The fourth-order valence-electron chi connectivity index (χ4n) is 2.07. The van der Waals surface area contributed by atoms with Gasteiger partial charge in [-0.25, -0.2) is 0 Å². The number of aromatic nitrogens is 2. The van der Waals surface area contributed by atoms with Crippen molar-refractivity contribution in [1.82, 2.24) is 10.2 Å². The predicted molar refractivity (Wildman–Crippen MR) is 89.6 cm³/mol. The van der Waals surface area contributed by atoms with Gasteiger partial charge in [-0.2, -0.15) is 5.10 Å². The molecule has 0 amide bonds. The van der Waals surface area contributed by atoms with Crippen molar-refractivity contribution < 1.29 is 4.74 Å². The van der Waals surface area contributed by atoms with Crippen molar-refractivity contribution in [2.24, 2.45) is 0 Å². The minimum Gasteiger partial charge on any atom is -0.487 e. The highest BCUT2D eigenvalue weighted by Gasteiger charge is 2.05. The zero-order chi connectivity index (χ0) is 15.5. The summed E-state index contributed by atoms with van der Waals surface area (Å²) in [7, 11) is 0. The van der Waals surface area contributed by atoms with Gasteiger partial charge in [-0.05, 0) is 48.9 Å². The molecule has 112 valence electrons. The molecule has 0 spiro atoms. The second-order valence-electron chi connectivity index (χ2n) is 4.98. The number of nitrogens with one attached hydrogen (secondary N) is 1. The molecule has 0 aliphatic heterocycles. The maximum absolute atomic E-state index is 6.00. The van der Waals surface area contributed by atoms with Crippen molar-refractivity contribution >= 4 is 23.2 Å². The molecule has 0 atom stereocenters. The van der Waals surface area contributed by atoms with Gasteiger partial charge in [0, 0.05) is 15.6 Å². The van der Waals surface area contributed by atoms with E-state index in [-0.39, 0.29) is 0 Å². The zero-order valence-electron chi connectivity index (χ0n) is 11.9. The molecule has 0 aliphatic rings. The second kappa shape index (κ2) is 6.42. The lowest BCUT2D eigenvalue weighted by molar-refractivity contribution is 0.301. The summed E-state index contributed by atoms with van der Waals surface area (Å²) in [6.07, 6.45) is 0. The van der Waals surface area contributed by atoms with Gasteiger partial charge in [0.15, 0.2) is 0 Å². The quantitative estimate of drug-likeness (QED) is 0.706. The van der Waals surface area contributed by atoms with Crippen LogP contribution in [0.15, 0.2) is 48.5 Å². The topological polar surface area (TPSA) is 37.9 Å². The molecule has 3 rings (SSSR count). The van der Waals surface area contributed by atoms with Crippen LogP contribution in [-0.2, 0) is 6.61 Å². The smallest absolute Gasteiger partial charge is 0.130 e. The Morgan fingerprint density at radius 3 is 2.55 bits per heavy atom. The third-order valence-corrected chi connectivity index (χ3v) is 3.97. The Morgan fingerprint density at radius 2 is 1.82 bits per heavy atom. The summed E-state index contributed by atoms with van der Waals surface area (Å²) in [5, 5.41) is 8.72. The van der Waals surface area contributed by atoms with Crippen molar-refractivity contribution in [2.75, 3.05) is 0 Å². The Hall–Kier alpha value is -1.97. The molecule has 3 nitrogen and oxygen atoms in total. The molecule has 1 N–H and O–H groups in total. The number of hydrogen-bond donors (Lipinski definition) is 1. The highest BCUT2D eigenvalue weighted by atomic mass is 35.5.